The normalized spacial score (nSPS) is 30.8. The van der Waals surface area contributed by atoms with E-state index in [9.17, 15) is 0 Å². The number of hydrogen-bond donors (Lipinski definition) is 1. The van der Waals surface area contributed by atoms with E-state index >= 15 is 0 Å². The zero-order valence-corrected chi connectivity index (χ0v) is 7.98. The summed E-state index contributed by atoms with van der Waals surface area (Å²) >= 11 is 0. The lowest BCUT2D eigenvalue weighted by Crippen LogP contribution is -2.54. The van der Waals surface area contributed by atoms with Crippen LogP contribution < -0.4 is 5.32 Å². The third kappa shape index (κ3) is 2.46. The van der Waals surface area contributed by atoms with Gasteiger partial charge in [0.25, 0.3) is 0 Å². The van der Waals surface area contributed by atoms with Crippen molar-refractivity contribution in [3.63, 3.8) is 0 Å². The van der Waals surface area contributed by atoms with Crippen molar-refractivity contribution < 1.29 is 4.74 Å². The molecule has 1 saturated heterocycles. The van der Waals surface area contributed by atoms with E-state index in [1.807, 2.05) is 0 Å². The summed E-state index contributed by atoms with van der Waals surface area (Å²) in [7, 11) is 0. The van der Waals surface area contributed by atoms with E-state index < -0.39 is 0 Å². The van der Waals surface area contributed by atoms with E-state index in [0.29, 0.717) is 12.0 Å². The third-order valence-electron chi connectivity index (χ3n) is 2.18. The molecule has 1 unspecified atom stereocenters. The lowest BCUT2D eigenvalue weighted by molar-refractivity contribution is -0.0432. The summed E-state index contributed by atoms with van der Waals surface area (Å²) in [4.78, 5) is 0. The molecular weight excluding hydrogens is 138 g/mol. The molecule has 66 valence electrons. The van der Waals surface area contributed by atoms with Crippen LogP contribution in [0.3, 0.4) is 0 Å². The van der Waals surface area contributed by atoms with Crippen molar-refractivity contribution in [2.24, 2.45) is 5.92 Å². The molecule has 0 aromatic carbocycles. The molecule has 1 fully saturated rings. The second-order valence-electron chi connectivity index (χ2n) is 4.36. The molecule has 1 aliphatic rings. The Morgan fingerprint density at radius 2 is 2.09 bits per heavy atom. The molecule has 0 amide bonds. The van der Waals surface area contributed by atoms with Crippen LogP contribution in [0.25, 0.3) is 0 Å². The van der Waals surface area contributed by atoms with Crippen LogP contribution in [0.5, 0.6) is 0 Å². The topological polar surface area (TPSA) is 21.3 Å². The van der Waals surface area contributed by atoms with Crippen molar-refractivity contribution in [1.29, 1.82) is 0 Å². The van der Waals surface area contributed by atoms with Crippen molar-refractivity contribution >= 4 is 0 Å². The minimum absolute atomic E-state index is 0.172. The van der Waals surface area contributed by atoms with Crippen molar-refractivity contribution in [2.45, 2.75) is 39.3 Å². The second kappa shape index (κ2) is 3.11. The lowest BCUT2D eigenvalue weighted by atomic mass is 10.0. The summed E-state index contributed by atoms with van der Waals surface area (Å²) in [6, 6.07) is 0. The fraction of sp³-hybridized carbons (Fsp3) is 1.00. The largest absolute Gasteiger partial charge is 0.375 e. The Morgan fingerprint density at radius 3 is 2.45 bits per heavy atom. The minimum Gasteiger partial charge on any atom is -0.375 e. The first-order valence-corrected chi connectivity index (χ1v) is 4.38. The first-order valence-electron chi connectivity index (χ1n) is 4.38. The van der Waals surface area contributed by atoms with Crippen LogP contribution in [0.15, 0.2) is 0 Å². The van der Waals surface area contributed by atoms with E-state index in [1.54, 1.807) is 0 Å². The summed E-state index contributed by atoms with van der Waals surface area (Å²) < 4.78 is 5.69. The van der Waals surface area contributed by atoms with Gasteiger partial charge in [0.2, 0.25) is 0 Å². The fourth-order valence-electron chi connectivity index (χ4n) is 1.23. The van der Waals surface area contributed by atoms with Crippen molar-refractivity contribution in [3.8, 4) is 0 Å². The van der Waals surface area contributed by atoms with Gasteiger partial charge in [-0.05, 0) is 19.8 Å². The van der Waals surface area contributed by atoms with Gasteiger partial charge < -0.3 is 10.1 Å². The van der Waals surface area contributed by atoms with Gasteiger partial charge in [-0.2, -0.15) is 0 Å². The maximum atomic E-state index is 5.69. The van der Waals surface area contributed by atoms with Crippen molar-refractivity contribution in [1.82, 2.24) is 5.32 Å². The maximum absolute atomic E-state index is 5.69. The molecule has 0 aromatic rings. The van der Waals surface area contributed by atoms with Crippen LogP contribution in [0, 0.1) is 5.92 Å². The monoisotopic (exact) mass is 157 g/mol. The highest BCUT2D eigenvalue weighted by molar-refractivity contribution is 4.84. The van der Waals surface area contributed by atoms with Gasteiger partial charge in [0.15, 0.2) is 0 Å². The molecule has 1 atom stereocenters. The van der Waals surface area contributed by atoms with Crippen LogP contribution >= 0.6 is 0 Å². The highest BCUT2D eigenvalue weighted by Crippen LogP contribution is 2.15. The Hall–Kier alpha value is -0.0800. The molecule has 1 rings (SSSR count). The Bertz CT molecular complexity index is 122. The molecule has 0 spiro atoms. The number of rotatable bonds is 1. The molecule has 2 nitrogen and oxygen atoms in total. The molecule has 0 bridgehead atoms. The van der Waals surface area contributed by atoms with E-state index in [4.69, 9.17) is 4.74 Å². The van der Waals surface area contributed by atoms with Gasteiger partial charge >= 0.3 is 0 Å². The van der Waals surface area contributed by atoms with E-state index in [1.165, 1.54) is 0 Å². The van der Waals surface area contributed by atoms with Crippen molar-refractivity contribution in [2.75, 3.05) is 13.2 Å². The van der Waals surface area contributed by atoms with Gasteiger partial charge in [0, 0.05) is 12.1 Å². The predicted molar refractivity (Wildman–Crippen MR) is 46.7 cm³/mol. The van der Waals surface area contributed by atoms with Gasteiger partial charge in [0.05, 0.1) is 12.7 Å². The number of hydrogen-bond acceptors (Lipinski definition) is 2. The fourth-order valence-corrected chi connectivity index (χ4v) is 1.23. The predicted octanol–water partition coefficient (Wildman–Crippen LogP) is 1.41. The number of nitrogens with one attached hydrogen (secondary N) is 1. The zero-order chi connectivity index (χ0) is 8.48. The smallest absolute Gasteiger partial charge is 0.0723 e. The van der Waals surface area contributed by atoms with Crippen LogP contribution in [0.2, 0.25) is 0 Å². The summed E-state index contributed by atoms with van der Waals surface area (Å²) in [5.41, 5.74) is 0.172. The minimum atomic E-state index is 0.172. The SMILES string of the molecule is CC(C)C1CNC(C)(C)CO1. The Labute approximate surface area is 69.3 Å². The summed E-state index contributed by atoms with van der Waals surface area (Å²) in [6.07, 6.45) is 0.406. The van der Waals surface area contributed by atoms with E-state index in [2.05, 4.69) is 33.0 Å². The standard InChI is InChI=1S/C9H19NO/c1-7(2)8-5-10-9(3,4)6-11-8/h7-8,10H,5-6H2,1-4H3. The quantitative estimate of drug-likeness (QED) is 0.621. The molecular formula is C9H19NO. The molecule has 0 saturated carbocycles. The van der Waals surface area contributed by atoms with Gasteiger partial charge in [0.1, 0.15) is 0 Å². The lowest BCUT2D eigenvalue weighted by Gasteiger charge is -2.37. The van der Waals surface area contributed by atoms with Gasteiger partial charge in [-0.15, -0.1) is 0 Å². The first-order chi connectivity index (χ1) is 5.01. The Kier molecular flexibility index (Phi) is 2.55. The van der Waals surface area contributed by atoms with Crippen LogP contribution in [-0.2, 0) is 4.74 Å². The summed E-state index contributed by atoms with van der Waals surface area (Å²) in [5, 5.41) is 3.46. The molecule has 1 aliphatic heterocycles. The first kappa shape index (κ1) is 9.01. The van der Waals surface area contributed by atoms with E-state index in [-0.39, 0.29) is 5.54 Å². The van der Waals surface area contributed by atoms with Gasteiger partial charge in [-0.1, -0.05) is 13.8 Å². The molecule has 0 aromatic heterocycles. The number of ether oxygens (including phenoxy) is 1. The zero-order valence-electron chi connectivity index (χ0n) is 7.98. The summed E-state index contributed by atoms with van der Waals surface area (Å²) in [5.74, 6) is 0.624. The van der Waals surface area contributed by atoms with Crippen molar-refractivity contribution in [3.05, 3.63) is 0 Å². The average molecular weight is 157 g/mol. The Morgan fingerprint density at radius 1 is 1.45 bits per heavy atom. The molecule has 11 heavy (non-hydrogen) atoms. The van der Waals surface area contributed by atoms with Gasteiger partial charge in [-0.25, -0.2) is 0 Å². The molecule has 0 radical (unpaired) electrons. The molecule has 1 heterocycles. The van der Waals surface area contributed by atoms with E-state index in [0.717, 1.165) is 13.2 Å². The molecule has 2 heteroatoms. The maximum Gasteiger partial charge on any atom is 0.0723 e. The average Bonchev–Trinajstić information content (AvgIpc) is 1.86. The van der Waals surface area contributed by atoms with Crippen LogP contribution in [0.4, 0.5) is 0 Å². The highest BCUT2D eigenvalue weighted by atomic mass is 16.5. The summed E-state index contributed by atoms with van der Waals surface area (Å²) in [6.45, 7) is 10.6. The van der Waals surface area contributed by atoms with Crippen LogP contribution in [0.1, 0.15) is 27.7 Å². The second-order valence-corrected chi connectivity index (χ2v) is 4.36. The van der Waals surface area contributed by atoms with Crippen LogP contribution in [-0.4, -0.2) is 24.8 Å². The highest BCUT2D eigenvalue weighted by Gasteiger charge is 2.27. The molecule has 0 aliphatic carbocycles. The number of morpholine rings is 1. The molecule has 1 N–H and O–H groups in total. The Balaban J connectivity index is 2.36. The third-order valence-corrected chi connectivity index (χ3v) is 2.18. The van der Waals surface area contributed by atoms with Gasteiger partial charge in [-0.3, -0.25) is 0 Å².